The van der Waals surface area contributed by atoms with E-state index in [1.54, 1.807) is 51.1 Å². The minimum Gasteiger partial charge on any atom is -0.458 e. The van der Waals surface area contributed by atoms with Crippen molar-refractivity contribution in [2.75, 3.05) is 4.31 Å². The maximum absolute atomic E-state index is 13.1. The molecule has 0 spiro atoms. The van der Waals surface area contributed by atoms with Gasteiger partial charge in [-0.3, -0.25) is 0 Å². The molecule has 132 valence electrons. The van der Waals surface area contributed by atoms with Crippen molar-refractivity contribution in [2.45, 2.75) is 44.2 Å². The molecule has 1 unspecified atom stereocenters. The molecule has 0 saturated heterocycles. The summed E-state index contributed by atoms with van der Waals surface area (Å²) in [6, 6.07) is 12.6. The number of benzene rings is 2. The molecular weight excluding hydrogens is 338 g/mol. The second-order valence-electron chi connectivity index (χ2n) is 7.11. The average molecular weight is 359 g/mol. The molecule has 3 rings (SSSR count). The van der Waals surface area contributed by atoms with Gasteiger partial charge in [0.2, 0.25) is 0 Å². The van der Waals surface area contributed by atoms with E-state index in [1.807, 2.05) is 19.1 Å². The molecule has 0 aliphatic carbocycles. The Balaban J connectivity index is 2.17. The number of ether oxygens (including phenoxy) is 1. The topological polar surface area (TPSA) is 63.7 Å². The van der Waals surface area contributed by atoms with Crippen molar-refractivity contribution in [3.63, 3.8) is 0 Å². The molecule has 0 amide bonds. The van der Waals surface area contributed by atoms with Gasteiger partial charge in [-0.25, -0.2) is 17.5 Å². The molecule has 25 heavy (non-hydrogen) atoms. The monoisotopic (exact) mass is 359 g/mol. The summed E-state index contributed by atoms with van der Waals surface area (Å²) in [5.74, 6) is -0.582. The largest absolute Gasteiger partial charge is 0.458 e. The van der Waals surface area contributed by atoms with Crippen molar-refractivity contribution in [1.29, 1.82) is 0 Å². The molecule has 0 radical (unpaired) electrons. The first-order valence-corrected chi connectivity index (χ1v) is 9.48. The van der Waals surface area contributed by atoms with Gasteiger partial charge in [0, 0.05) is 5.56 Å². The third kappa shape index (κ3) is 3.14. The number of sulfonamides is 1. The number of esters is 1. The van der Waals surface area contributed by atoms with E-state index in [4.69, 9.17) is 4.74 Å². The normalized spacial score (nSPS) is 18.7. The number of nitrogens with zero attached hydrogens (tertiary/aromatic N) is 1. The van der Waals surface area contributed by atoms with Crippen molar-refractivity contribution in [2.24, 2.45) is 0 Å². The molecule has 1 aliphatic heterocycles. The van der Waals surface area contributed by atoms with Crippen LogP contribution in [0, 0.1) is 6.92 Å². The van der Waals surface area contributed by atoms with Gasteiger partial charge in [0.05, 0.1) is 10.6 Å². The van der Waals surface area contributed by atoms with Crippen molar-refractivity contribution in [3.8, 4) is 0 Å². The quantitative estimate of drug-likeness (QED) is 0.769. The Labute approximate surface area is 148 Å². The molecule has 1 heterocycles. The van der Waals surface area contributed by atoms with Crippen LogP contribution in [0.2, 0.25) is 0 Å². The number of hydrogen-bond acceptors (Lipinski definition) is 4. The van der Waals surface area contributed by atoms with E-state index in [0.717, 1.165) is 9.87 Å². The Morgan fingerprint density at radius 3 is 2.24 bits per heavy atom. The second kappa shape index (κ2) is 5.88. The summed E-state index contributed by atoms with van der Waals surface area (Å²) in [5, 5.41) is 0. The Hall–Kier alpha value is -2.34. The smallest absolute Gasteiger partial charge is 0.335 e. The molecule has 2 aromatic carbocycles. The molecule has 1 aliphatic rings. The summed E-state index contributed by atoms with van der Waals surface area (Å²) in [6.07, 6.45) is 0. The fraction of sp³-hybridized carbons (Fsp3) is 0.316. The van der Waals surface area contributed by atoms with Gasteiger partial charge in [-0.1, -0.05) is 35.9 Å². The van der Waals surface area contributed by atoms with E-state index in [9.17, 15) is 13.2 Å². The van der Waals surface area contributed by atoms with Gasteiger partial charge < -0.3 is 4.74 Å². The number of hydrogen-bond donors (Lipinski definition) is 0. The van der Waals surface area contributed by atoms with Crippen molar-refractivity contribution >= 4 is 21.7 Å². The fourth-order valence-corrected chi connectivity index (χ4v) is 4.69. The first-order chi connectivity index (χ1) is 11.6. The van der Waals surface area contributed by atoms with Crippen molar-refractivity contribution in [1.82, 2.24) is 0 Å². The lowest BCUT2D eigenvalue weighted by Crippen LogP contribution is -2.37. The number of carbonyl (C=O) groups is 1. The SMILES string of the molecule is Cc1ccc(N2C(C(=O)OC(C)(C)C)c3ccccc3S2(=O)=O)cc1. The minimum absolute atomic E-state index is 0.145. The summed E-state index contributed by atoms with van der Waals surface area (Å²) in [4.78, 5) is 13.0. The third-order valence-electron chi connectivity index (χ3n) is 3.90. The van der Waals surface area contributed by atoms with Crippen LogP contribution in [0.25, 0.3) is 0 Å². The number of rotatable bonds is 2. The number of aryl methyl sites for hydroxylation is 1. The Bertz CT molecular complexity index is 911. The lowest BCUT2D eigenvalue weighted by Gasteiger charge is -2.28. The summed E-state index contributed by atoms with van der Waals surface area (Å²) >= 11 is 0. The zero-order valence-corrected chi connectivity index (χ0v) is 15.5. The van der Waals surface area contributed by atoms with Crippen LogP contribution >= 0.6 is 0 Å². The van der Waals surface area contributed by atoms with Crippen LogP contribution in [0.5, 0.6) is 0 Å². The summed E-state index contributed by atoms with van der Waals surface area (Å²) in [5.41, 5.74) is 1.18. The third-order valence-corrected chi connectivity index (χ3v) is 5.77. The summed E-state index contributed by atoms with van der Waals surface area (Å²) in [6.45, 7) is 7.20. The van der Waals surface area contributed by atoms with Crippen molar-refractivity contribution in [3.05, 3.63) is 59.7 Å². The Morgan fingerprint density at radius 1 is 1.04 bits per heavy atom. The van der Waals surface area contributed by atoms with E-state index in [2.05, 4.69) is 0 Å². The highest BCUT2D eigenvalue weighted by atomic mass is 32.2. The first-order valence-electron chi connectivity index (χ1n) is 8.04. The van der Waals surface area contributed by atoms with Crippen LogP contribution in [0.1, 0.15) is 37.9 Å². The minimum atomic E-state index is -3.83. The highest BCUT2D eigenvalue weighted by molar-refractivity contribution is 7.93. The van der Waals surface area contributed by atoms with Crippen LogP contribution in [-0.4, -0.2) is 20.0 Å². The lowest BCUT2D eigenvalue weighted by atomic mass is 10.1. The van der Waals surface area contributed by atoms with Crippen LogP contribution in [0.15, 0.2) is 53.4 Å². The lowest BCUT2D eigenvalue weighted by molar-refractivity contribution is -0.156. The van der Waals surface area contributed by atoms with Crippen LogP contribution in [0.3, 0.4) is 0 Å². The van der Waals surface area contributed by atoms with E-state index >= 15 is 0 Å². The van der Waals surface area contributed by atoms with Crippen LogP contribution in [-0.2, 0) is 19.6 Å². The van der Waals surface area contributed by atoms with Gasteiger partial charge in [-0.05, 0) is 45.9 Å². The van der Waals surface area contributed by atoms with Gasteiger partial charge in [0.15, 0.2) is 6.04 Å². The predicted octanol–water partition coefficient (Wildman–Crippen LogP) is 3.59. The van der Waals surface area contributed by atoms with E-state index < -0.39 is 27.6 Å². The maximum Gasteiger partial charge on any atom is 0.335 e. The number of anilines is 1. The number of carbonyl (C=O) groups excluding carboxylic acids is 1. The Morgan fingerprint density at radius 2 is 1.64 bits per heavy atom. The molecule has 0 aromatic heterocycles. The van der Waals surface area contributed by atoms with Crippen molar-refractivity contribution < 1.29 is 17.9 Å². The molecule has 0 fully saturated rings. The molecule has 0 N–H and O–H groups in total. The molecule has 2 aromatic rings. The molecule has 0 bridgehead atoms. The first kappa shape index (κ1) is 17.5. The fourth-order valence-electron chi connectivity index (χ4n) is 2.87. The predicted molar refractivity (Wildman–Crippen MR) is 95.9 cm³/mol. The van der Waals surface area contributed by atoms with E-state index in [-0.39, 0.29) is 4.90 Å². The molecule has 6 heteroatoms. The zero-order valence-electron chi connectivity index (χ0n) is 14.7. The summed E-state index contributed by atoms with van der Waals surface area (Å²) < 4.78 is 32.8. The van der Waals surface area contributed by atoms with Gasteiger partial charge in [0.1, 0.15) is 5.60 Å². The van der Waals surface area contributed by atoms with Gasteiger partial charge in [-0.2, -0.15) is 0 Å². The van der Waals surface area contributed by atoms with Crippen LogP contribution < -0.4 is 4.31 Å². The highest BCUT2D eigenvalue weighted by Crippen LogP contribution is 2.43. The standard InChI is InChI=1S/C19H21NO4S/c1-13-9-11-14(12-10-13)20-17(18(21)24-19(2,3)4)15-7-5-6-8-16(15)25(20,22)23/h5-12,17H,1-4H3. The second-order valence-corrected chi connectivity index (χ2v) is 8.89. The summed E-state index contributed by atoms with van der Waals surface area (Å²) in [7, 11) is -3.83. The number of fused-ring (bicyclic) bond motifs is 1. The maximum atomic E-state index is 13.1. The van der Waals surface area contributed by atoms with E-state index in [1.165, 1.54) is 6.07 Å². The molecular formula is C19H21NO4S. The van der Waals surface area contributed by atoms with Gasteiger partial charge in [-0.15, -0.1) is 0 Å². The van der Waals surface area contributed by atoms with Gasteiger partial charge >= 0.3 is 5.97 Å². The highest BCUT2D eigenvalue weighted by Gasteiger charge is 2.47. The molecule has 0 saturated carbocycles. The average Bonchev–Trinajstić information content (AvgIpc) is 2.75. The van der Waals surface area contributed by atoms with Gasteiger partial charge in [0.25, 0.3) is 10.0 Å². The molecule has 5 nitrogen and oxygen atoms in total. The Kier molecular flexibility index (Phi) is 4.11. The van der Waals surface area contributed by atoms with Crippen LogP contribution in [0.4, 0.5) is 5.69 Å². The molecule has 1 atom stereocenters. The van der Waals surface area contributed by atoms with E-state index in [0.29, 0.717) is 11.3 Å². The zero-order chi connectivity index (χ0) is 18.4.